The first-order valence-corrected chi connectivity index (χ1v) is 9.02. The molecule has 0 atom stereocenters. The lowest BCUT2D eigenvalue weighted by Gasteiger charge is -2.20. The fraction of sp³-hybridized carbons (Fsp3) is 0.526. The molecule has 0 aromatic heterocycles. The normalized spacial score (nSPS) is 14.4. The second kappa shape index (κ2) is 9.79. The number of nitrogens with one attached hydrogen (secondary N) is 3. The van der Waals surface area contributed by atoms with Crippen LogP contribution >= 0.6 is 0 Å². The molecule has 7 nitrogen and oxygen atoms in total. The maximum atomic E-state index is 12.0. The van der Waals surface area contributed by atoms with Gasteiger partial charge in [-0.3, -0.25) is 25.2 Å². The predicted octanol–water partition coefficient (Wildman–Crippen LogP) is 1.53. The second-order valence-corrected chi connectivity index (χ2v) is 6.66. The molecule has 0 heterocycles. The Morgan fingerprint density at radius 2 is 1.62 bits per heavy atom. The summed E-state index contributed by atoms with van der Waals surface area (Å²) in [4.78, 5) is 35.5. The van der Waals surface area contributed by atoms with E-state index in [4.69, 9.17) is 4.74 Å². The average molecular weight is 361 g/mol. The summed E-state index contributed by atoms with van der Waals surface area (Å²) >= 11 is 0. The fourth-order valence-electron chi connectivity index (χ4n) is 3.06. The van der Waals surface area contributed by atoms with Crippen molar-refractivity contribution in [1.82, 2.24) is 16.2 Å². The molecule has 1 aliphatic rings. The molecule has 1 saturated carbocycles. The smallest absolute Gasteiger partial charge is 0.276 e. The number of carbonyl (C=O) groups is 3. The molecule has 1 aromatic rings. The number of carbonyl (C=O) groups excluding carboxylic acids is 3. The Hall–Kier alpha value is -2.57. The molecule has 142 valence electrons. The lowest BCUT2D eigenvalue weighted by molar-refractivity contribution is -0.131. The molecule has 0 saturated heterocycles. The molecular formula is C19H27N3O4. The minimum atomic E-state index is -0.477. The third kappa shape index (κ3) is 6.06. The van der Waals surface area contributed by atoms with Crippen molar-refractivity contribution in [2.45, 2.75) is 46.0 Å². The van der Waals surface area contributed by atoms with E-state index in [0.717, 1.165) is 36.8 Å². The molecule has 1 aliphatic carbocycles. The topological polar surface area (TPSA) is 96.5 Å². The van der Waals surface area contributed by atoms with Crippen LogP contribution in [0.3, 0.4) is 0 Å². The van der Waals surface area contributed by atoms with Crippen molar-refractivity contribution in [3.05, 3.63) is 29.3 Å². The molecule has 0 aliphatic heterocycles. The number of rotatable bonds is 6. The van der Waals surface area contributed by atoms with Crippen molar-refractivity contribution in [3.63, 3.8) is 0 Å². The SMILES string of the molecule is Cc1cccc(C)c1OCC(=O)NNC(=O)CNC(=O)C1CCCCC1. The Bertz CT molecular complexity index is 634. The Labute approximate surface area is 153 Å². The fourth-order valence-corrected chi connectivity index (χ4v) is 3.06. The van der Waals surface area contributed by atoms with Gasteiger partial charge in [-0.1, -0.05) is 37.5 Å². The number of hydrogen-bond donors (Lipinski definition) is 3. The number of para-hydroxylation sites is 1. The number of hydrogen-bond acceptors (Lipinski definition) is 4. The molecule has 0 spiro atoms. The van der Waals surface area contributed by atoms with Crippen LogP contribution in [0.4, 0.5) is 0 Å². The average Bonchev–Trinajstić information content (AvgIpc) is 2.64. The zero-order chi connectivity index (χ0) is 18.9. The number of hydrazine groups is 1. The van der Waals surface area contributed by atoms with E-state index in [-0.39, 0.29) is 25.0 Å². The van der Waals surface area contributed by atoms with Gasteiger partial charge in [0.25, 0.3) is 11.8 Å². The Kier molecular flexibility index (Phi) is 7.44. The van der Waals surface area contributed by atoms with Gasteiger partial charge >= 0.3 is 0 Å². The van der Waals surface area contributed by atoms with Crippen molar-refractivity contribution in [2.24, 2.45) is 5.92 Å². The van der Waals surface area contributed by atoms with Crippen molar-refractivity contribution in [2.75, 3.05) is 13.2 Å². The van der Waals surface area contributed by atoms with Crippen LogP contribution in [0.15, 0.2) is 18.2 Å². The first-order valence-electron chi connectivity index (χ1n) is 9.02. The zero-order valence-electron chi connectivity index (χ0n) is 15.4. The minimum Gasteiger partial charge on any atom is -0.483 e. The van der Waals surface area contributed by atoms with Crippen LogP contribution in [0.1, 0.15) is 43.2 Å². The summed E-state index contributed by atoms with van der Waals surface area (Å²) in [6, 6.07) is 5.72. The highest BCUT2D eigenvalue weighted by Crippen LogP contribution is 2.23. The van der Waals surface area contributed by atoms with E-state index >= 15 is 0 Å². The van der Waals surface area contributed by atoms with E-state index < -0.39 is 11.8 Å². The van der Waals surface area contributed by atoms with Gasteiger partial charge in [0.1, 0.15) is 5.75 Å². The quantitative estimate of drug-likeness (QED) is 0.670. The van der Waals surface area contributed by atoms with E-state index in [1.165, 1.54) is 6.42 Å². The Morgan fingerprint density at radius 1 is 1.00 bits per heavy atom. The van der Waals surface area contributed by atoms with E-state index in [0.29, 0.717) is 5.75 Å². The molecule has 1 fully saturated rings. The van der Waals surface area contributed by atoms with Crippen LogP contribution < -0.4 is 20.9 Å². The van der Waals surface area contributed by atoms with Gasteiger partial charge in [-0.2, -0.15) is 0 Å². The molecule has 0 radical (unpaired) electrons. The van der Waals surface area contributed by atoms with Crippen LogP contribution in [-0.4, -0.2) is 30.9 Å². The third-order valence-electron chi connectivity index (χ3n) is 4.50. The van der Waals surface area contributed by atoms with E-state index in [1.807, 2.05) is 32.0 Å². The van der Waals surface area contributed by atoms with Gasteiger partial charge in [-0.25, -0.2) is 0 Å². The maximum Gasteiger partial charge on any atom is 0.276 e. The van der Waals surface area contributed by atoms with Gasteiger partial charge < -0.3 is 10.1 Å². The number of benzene rings is 1. The van der Waals surface area contributed by atoms with Gasteiger partial charge in [0.15, 0.2) is 6.61 Å². The third-order valence-corrected chi connectivity index (χ3v) is 4.50. The van der Waals surface area contributed by atoms with Gasteiger partial charge in [0.2, 0.25) is 5.91 Å². The molecule has 7 heteroatoms. The molecule has 1 aromatic carbocycles. The summed E-state index contributed by atoms with van der Waals surface area (Å²) in [5, 5.41) is 2.62. The Balaban J connectivity index is 1.65. The standard InChI is InChI=1S/C19H27N3O4/c1-13-7-6-8-14(2)18(13)26-12-17(24)22-21-16(23)11-20-19(25)15-9-4-3-5-10-15/h6-8,15H,3-5,9-12H2,1-2H3,(H,20,25)(H,21,23)(H,22,24). The highest BCUT2D eigenvalue weighted by atomic mass is 16.5. The van der Waals surface area contributed by atoms with E-state index in [1.54, 1.807) is 0 Å². The van der Waals surface area contributed by atoms with Crippen LogP contribution in [0.5, 0.6) is 5.75 Å². The molecular weight excluding hydrogens is 334 g/mol. The largest absolute Gasteiger partial charge is 0.483 e. The van der Waals surface area contributed by atoms with Gasteiger partial charge in [0.05, 0.1) is 6.54 Å². The molecule has 3 N–H and O–H groups in total. The highest BCUT2D eigenvalue weighted by Gasteiger charge is 2.21. The molecule has 26 heavy (non-hydrogen) atoms. The number of aryl methyl sites for hydroxylation is 2. The second-order valence-electron chi connectivity index (χ2n) is 6.66. The van der Waals surface area contributed by atoms with Crippen molar-refractivity contribution < 1.29 is 19.1 Å². The summed E-state index contributed by atoms with van der Waals surface area (Å²) in [5.41, 5.74) is 6.43. The maximum absolute atomic E-state index is 12.0. The van der Waals surface area contributed by atoms with Crippen molar-refractivity contribution in [3.8, 4) is 5.75 Å². The Morgan fingerprint density at radius 3 is 2.27 bits per heavy atom. The van der Waals surface area contributed by atoms with Crippen molar-refractivity contribution >= 4 is 17.7 Å². The van der Waals surface area contributed by atoms with E-state index in [2.05, 4.69) is 16.2 Å². The first kappa shape index (κ1) is 19.8. The van der Waals surface area contributed by atoms with E-state index in [9.17, 15) is 14.4 Å². The minimum absolute atomic E-state index is 0.00288. The highest BCUT2D eigenvalue weighted by molar-refractivity contribution is 5.87. The van der Waals surface area contributed by atoms with Gasteiger partial charge in [0, 0.05) is 5.92 Å². The summed E-state index contributed by atoms with van der Waals surface area (Å²) in [6.45, 7) is 3.43. The summed E-state index contributed by atoms with van der Waals surface area (Å²) < 4.78 is 5.51. The number of ether oxygens (including phenoxy) is 1. The van der Waals surface area contributed by atoms with Crippen molar-refractivity contribution in [1.29, 1.82) is 0 Å². The monoisotopic (exact) mass is 361 g/mol. The lowest BCUT2D eigenvalue weighted by atomic mass is 9.89. The molecule has 0 unspecified atom stereocenters. The predicted molar refractivity (Wildman–Crippen MR) is 97.3 cm³/mol. The molecule has 3 amide bonds. The summed E-state index contributed by atoms with van der Waals surface area (Å²) in [5.74, 6) is -0.385. The van der Waals surface area contributed by atoms with Crippen LogP contribution in [0, 0.1) is 19.8 Å². The summed E-state index contributed by atoms with van der Waals surface area (Å²) in [7, 11) is 0. The van der Waals surface area contributed by atoms with Gasteiger partial charge in [-0.15, -0.1) is 0 Å². The zero-order valence-corrected chi connectivity index (χ0v) is 15.4. The number of amides is 3. The lowest BCUT2D eigenvalue weighted by Crippen LogP contribution is -2.48. The van der Waals surface area contributed by atoms with Crippen LogP contribution in [0.25, 0.3) is 0 Å². The van der Waals surface area contributed by atoms with Crippen LogP contribution in [0.2, 0.25) is 0 Å². The molecule has 2 rings (SSSR count). The summed E-state index contributed by atoms with van der Waals surface area (Å²) in [6.07, 6.45) is 5.03. The first-order chi connectivity index (χ1) is 12.5. The van der Waals surface area contributed by atoms with Gasteiger partial charge in [-0.05, 0) is 37.8 Å². The molecule has 0 bridgehead atoms. The van der Waals surface area contributed by atoms with Crippen LogP contribution in [-0.2, 0) is 14.4 Å².